The van der Waals surface area contributed by atoms with Gasteiger partial charge in [-0.3, -0.25) is 0 Å². The number of likely N-dealkylation sites (tertiary alicyclic amines) is 1. The Balaban J connectivity index is 1.85. The molecule has 1 fully saturated rings. The summed E-state index contributed by atoms with van der Waals surface area (Å²) in [4.78, 5) is 16.1. The average Bonchev–Trinajstić information content (AvgIpc) is 2.76. The van der Waals surface area contributed by atoms with Crippen LogP contribution in [0.25, 0.3) is 0 Å². The van der Waals surface area contributed by atoms with Crippen LogP contribution in [0.2, 0.25) is 0 Å². The van der Waals surface area contributed by atoms with Crippen molar-refractivity contribution in [3.63, 3.8) is 0 Å². The summed E-state index contributed by atoms with van der Waals surface area (Å²) in [6.45, 7) is 4.27. The highest BCUT2D eigenvalue weighted by Gasteiger charge is 2.27. The van der Waals surface area contributed by atoms with Crippen LogP contribution in [0.4, 0.5) is 5.00 Å². The summed E-state index contributed by atoms with van der Waals surface area (Å²) in [5.74, 6) is -0.208. The van der Waals surface area contributed by atoms with Crippen LogP contribution in [0.1, 0.15) is 66.2 Å². The molecule has 0 radical (unpaired) electrons. The van der Waals surface area contributed by atoms with Gasteiger partial charge in [0.05, 0.1) is 12.2 Å². The Morgan fingerprint density at radius 3 is 2.62 bits per heavy atom. The number of thiophene rings is 1. The fraction of sp³-hybridized carbons (Fsp3) is 0.667. The minimum atomic E-state index is -0.208. The molecule has 1 saturated heterocycles. The van der Waals surface area contributed by atoms with Crippen molar-refractivity contribution in [3.05, 3.63) is 16.0 Å². The summed E-state index contributed by atoms with van der Waals surface area (Å²) in [7, 11) is 0. The SMILES string of the molecule is CCOC(=O)c1c(NC(=S)N2CCCCC2)sc2c1CCCCC2. The predicted octanol–water partition coefficient (Wildman–Crippen LogP) is 4.38. The number of nitrogens with one attached hydrogen (secondary N) is 1. The lowest BCUT2D eigenvalue weighted by Crippen LogP contribution is -2.38. The van der Waals surface area contributed by atoms with E-state index in [1.54, 1.807) is 11.3 Å². The van der Waals surface area contributed by atoms with Gasteiger partial charge in [0.25, 0.3) is 0 Å². The molecule has 1 aliphatic carbocycles. The number of anilines is 1. The first-order chi connectivity index (χ1) is 11.7. The highest BCUT2D eigenvalue weighted by molar-refractivity contribution is 7.80. The Bertz CT molecular complexity index is 606. The Morgan fingerprint density at radius 1 is 1.17 bits per heavy atom. The number of ether oxygens (including phenoxy) is 1. The summed E-state index contributed by atoms with van der Waals surface area (Å²) < 4.78 is 5.33. The fourth-order valence-electron chi connectivity index (χ4n) is 3.52. The molecular weight excluding hydrogens is 340 g/mol. The normalized spacial score (nSPS) is 17.8. The van der Waals surface area contributed by atoms with Gasteiger partial charge in [0.1, 0.15) is 5.00 Å². The molecular formula is C18H26N2O2S2. The molecule has 4 nitrogen and oxygen atoms in total. The number of hydrogen-bond acceptors (Lipinski definition) is 4. The molecule has 0 amide bonds. The maximum absolute atomic E-state index is 12.6. The van der Waals surface area contributed by atoms with Crippen molar-refractivity contribution in [2.24, 2.45) is 0 Å². The number of esters is 1. The third-order valence-corrected chi connectivity index (χ3v) is 6.33. The third-order valence-electron chi connectivity index (χ3n) is 4.76. The maximum atomic E-state index is 12.6. The molecule has 3 rings (SSSR count). The molecule has 24 heavy (non-hydrogen) atoms. The molecule has 1 aromatic heterocycles. The van der Waals surface area contributed by atoms with Crippen LogP contribution < -0.4 is 5.32 Å². The van der Waals surface area contributed by atoms with Gasteiger partial charge in [-0.15, -0.1) is 11.3 Å². The van der Waals surface area contributed by atoms with E-state index < -0.39 is 0 Å². The summed E-state index contributed by atoms with van der Waals surface area (Å²) in [5.41, 5.74) is 1.93. The van der Waals surface area contributed by atoms with E-state index in [9.17, 15) is 4.79 Å². The maximum Gasteiger partial charge on any atom is 0.341 e. The number of aryl methyl sites for hydroxylation is 1. The lowest BCUT2D eigenvalue weighted by atomic mass is 10.1. The summed E-state index contributed by atoms with van der Waals surface area (Å²) >= 11 is 7.30. The number of fused-ring (bicyclic) bond motifs is 1. The molecule has 132 valence electrons. The molecule has 1 aromatic rings. The number of hydrogen-bond donors (Lipinski definition) is 1. The van der Waals surface area contributed by atoms with Crippen molar-refractivity contribution in [1.82, 2.24) is 4.90 Å². The minimum absolute atomic E-state index is 0.208. The van der Waals surface area contributed by atoms with Gasteiger partial charge >= 0.3 is 5.97 Å². The topological polar surface area (TPSA) is 41.6 Å². The molecule has 0 aromatic carbocycles. The highest BCUT2D eigenvalue weighted by Crippen LogP contribution is 2.38. The third kappa shape index (κ3) is 3.91. The predicted molar refractivity (Wildman–Crippen MR) is 103 cm³/mol. The van der Waals surface area contributed by atoms with E-state index in [0.29, 0.717) is 6.61 Å². The molecule has 1 aliphatic heterocycles. The minimum Gasteiger partial charge on any atom is -0.462 e. The highest BCUT2D eigenvalue weighted by atomic mass is 32.1. The van der Waals surface area contributed by atoms with Gasteiger partial charge < -0.3 is 15.0 Å². The largest absolute Gasteiger partial charge is 0.462 e. The Morgan fingerprint density at radius 2 is 1.88 bits per heavy atom. The molecule has 0 bridgehead atoms. The van der Waals surface area contributed by atoms with E-state index in [4.69, 9.17) is 17.0 Å². The fourth-order valence-corrected chi connectivity index (χ4v) is 5.15. The molecule has 6 heteroatoms. The number of nitrogens with zero attached hydrogens (tertiary/aromatic N) is 1. The van der Waals surface area contributed by atoms with Gasteiger partial charge in [-0.25, -0.2) is 4.79 Å². The van der Waals surface area contributed by atoms with Crippen molar-refractivity contribution in [2.75, 3.05) is 25.0 Å². The second-order valence-corrected chi connectivity index (χ2v) is 7.96. The first-order valence-electron chi connectivity index (χ1n) is 9.08. The quantitative estimate of drug-likeness (QED) is 0.488. The molecule has 0 spiro atoms. The number of rotatable bonds is 3. The van der Waals surface area contributed by atoms with Gasteiger partial charge in [0.2, 0.25) is 0 Å². The van der Waals surface area contributed by atoms with E-state index in [2.05, 4.69) is 10.2 Å². The van der Waals surface area contributed by atoms with Crippen molar-refractivity contribution in [2.45, 2.75) is 58.3 Å². The zero-order valence-electron chi connectivity index (χ0n) is 14.4. The summed E-state index contributed by atoms with van der Waals surface area (Å²) in [5, 5.41) is 5.00. The molecule has 1 N–H and O–H groups in total. The van der Waals surface area contributed by atoms with Crippen molar-refractivity contribution < 1.29 is 9.53 Å². The monoisotopic (exact) mass is 366 g/mol. The van der Waals surface area contributed by atoms with Gasteiger partial charge in [0.15, 0.2) is 5.11 Å². The molecule has 2 aliphatic rings. The second-order valence-electron chi connectivity index (χ2n) is 6.47. The molecule has 2 heterocycles. The van der Waals surface area contributed by atoms with Crippen molar-refractivity contribution in [3.8, 4) is 0 Å². The van der Waals surface area contributed by atoms with Crippen LogP contribution in [0, 0.1) is 0 Å². The lowest BCUT2D eigenvalue weighted by Gasteiger charge is -2.29. The van der Waals surface area contributed by atoms with Crippen LogP contribution in [0.5, 0.6) is 0 Å². The standard InChI is InChI=1S/C18H26N2O2S2/c1-2-22-17(21)15-13-9-5-3-6-10-14(13)24-16(15)19-18(23)20-11-7-4-8-12-20/h2-12H2,1H3,(H,19,23). The van der Waals surface area contributed by atoms with Gasteiger partial charge in [0, 0.05) is 18.0 Å². The Hall–Kier alpha value is -1.14. The smallest absolute Gasteiger partial charge is 0.341 e. The van der Waals surface area contributed by atoms with Crippen LogP contribution in [-0.2, 0) is 17.6 Å². The average molecular weight is 367 g/mol. The van der Waals surface area contributed by atoms with Gasteiger partial charge in [-0.2, -0.15) is 0 Å². The van der Waals surface area contributed by atoms with E-state index in [-0.39, 0.29) is 5.97 Å². The van der Waals surface area contributed by atoms with Gasteiger partial charge in [-0.05, 0) is 69.7 Å². The zero-order chi connectivity index (χ0) is 16.9. The first kappa shape index (κ1) is 17.7. The van der Waals surface area contributed by atoms with Crippen molar-refractivity contribution >= 4 is 39.6 Å². The molecule has 0 unspecified atom stereocenters. The summed E-state index contributed by atoms with van der Waals surface area (Å²) in [6.07, 6.45) is 9.26. The molecule has 0 atom stereocenters. The number of thiocarbonyl (C=S) groups is 1. The van der Waals surface area contributed by atoms with Crippen molar-refractivity contribution in [1.29, 1.82) is 0 Å². The first-order valence-corrected chi connectivity index (χ1v) is 10.3. The van der Waals surface area contributed by atoms with Crippen LogP contribution in [0.15, 0.2) is 0 Å². The number of piperidine rings is 1. The van der Waals surface area contributed by atoms with E-state index in [1.807, 2.05) is 6.92 Å². The Labute approximate surface area is 153 Å². The van der Waals surface area contributed by atoms with Crippen LogP contribution >= 0.6 is 23.6 Å². The number of carbonyl (C=O) groups excluding carboxylic acids is 1. The second kappa shape index (κ2) is 8.30. The number of carbonyl (C=O) groups is 1. The zero-order valence-corrected chi connectivity index (χ0v) is 16.0. The summed E-state index contributed by atoms with van der Waals surface area (Å²) in [6, 6.07) is 0. The Kier molecular flexibility index (Phi) is 6.11. The van der Waals surface area contributed by atoms with Crippen LogP contribution in [-0.4, -0.2) is 35.7 Å². The van der Waals surface area contributed by atoms with Gasteiger partial charge in [-0.1, -0.05) is 6.42 Å². The van der Waals surface area contributed by atoms with E-state index in [0.717, 1.165) is 48.0 Å². The molecule has 0 saturated carbocycles. The van der Waals surface area contributed by atoms with E-state index >= 15 is 0 Å². The lowest BCUT2D eigenvalue weighted by molar-refractivity contribution is 0.0527. The van der Waals surface area contributed by atoms with E-state index in [1.165, 1.54) is 42.5 Å². The van der Waals surface area contributed by atoms with Crippen LogP contribution in [0.3, 0.4) is 0 Å².